The number of allylic oxidation sites excluding steroid dienone is 12. The normalized spacial score (nSPS) is 40.3. The second-order valence-corrected chi connectivity index (χ2v) is 16.5. The lowest BCUT2D eigenvalue weighted by atomic mass is 9.98. The number of hydrogen-bond donors (Lipinski definition) is 14. The van der Waals surface area contributed by atoms with E-state index < -0.39 is 161 Å². The summed E-state index contributed by atoms with van der Waals surface area (Å²) in [6.07, 6.45) is -16.8. The van der Waals surface area contributed by atoms with E-state index in [4.69, 9.17) is 37.9 Å². The quantitative estimate of drug-likeness (QED) is 0.0347. The zero-order valence-electron chi connectivity index (χ0n) is 37.5. The molecule has 24 nitrogen and oxygen atoms in total. The molecule has 4 rings (SSSR count). The molecule has 0 saturated carbocycles. The molecular formula is C44H64O24. The Morgan fingerprint density at radius 3 is 1.01 bits per heavy atom. The predicted octanol–water partition coefficient (Wildman–Crippen LogP) is -5.23. The van der Waals surface area contributed by atoms with E-state index >= 15 is 0 Å². The van der Waals surface area contributed by atoms with Gasteiger partial charge in [0.15, 0.2) is 12.6 Å². The zero-order chi connectivity index (χ0) is 50.6. The van der Waals surface area contributed by atoms with Crippen LogP contribution in [0.3, 0.4) is 0 Å². The number of aliphatic hydroxyl groups excluding tert-OH is 14. The number of carbonyl (C=O) groups is 2. The first kappa shape index (κ1) is 56.9. The van der Waals surface area contributed by atoms with Crippen LogP contribution in [0, 0.1) is 0 Å². The van der Waals surface area contributed by atoms with Gasteiger partial charge < -0.3 is 109 Å². The third-order valence-corrected chi connectivity index (χ3v) is 11.2. The van der Waals surface area contributed by atoms with Crippen molar-refractivity contribution < 1.29 is 119 Å². The lowest BCUT2D eigenvalue weighted by Gasteiger charge is -2.42. The van der Waals surface area contributed by atoms with E-state index in [0.29, 0.717) is 0 Å². The lowest BCUT2D eigenvalue weighted by Crippen LogP contribution is -2.61. The van der Waals surface area contributed by atoms with Gasteiger partial charge in [-0.2, -0.15) is 0 Å². The predicted molar refractivity (Wildman–Crippen MR) is 227 cm³/mol. The van der Waals surface area contributed by atoms with Crippen LogP contribution in [-0.2, 0) is 47.5 Å². The molecule has 4 aliphatic rings. The highest BCUT2D eigenvalue weighted by Crippen LogP contribution is 2.28. The highest BCUT2D eigenvalue weighted by atomic mass is 16.8. The van der Waals surface area contributed by atoms with Crippen molar-refractivity contribution >= 4 is 11.9 Å². The van der Waals surface area contributed by atoms with Gasteiger partial charge in [0.2, 0.25) is 12.6 Å². The SMILES string of the molecule is CC(=C/C=C/C=C(C)/C=C/C=C(\C)C(=O)O[C@H]1O[C@@H](CO[C@@H]2O[C@H](CO)[C@@H](O)[C@@H](O)[C@@H]2O)[C@H](O)[C@@H](O)[C@@H]1O)/C=C/C=C(\C)C(=O)O[C@@H]1O[C@H](CO[C@@H]2O[C@H](CO)[C@@H](O)[C@H](O)[C@@H]2O)[C@@H](O)[C@H](O)[C@@H]1O. The van der Waals surface area contributed by atoms with Crippen LogP contribution in [0.4, 0.5) is 0 Å². The summed E-state index contributed by atoms with van der Waals surface area (Å²) in [5.41, 5.74) is 1.68. The van der Waals surface area contributed by atoms with Crippen molar-refractivity contribution in [1.29, 1.82) is 0 Å². The Kier molecular flexibility index (Phi) is 22.2. The monoisotopic (exact) mass is 976 g/mol. The molecule has 0 aromatic heterocycles. The fraction of sp³-hybridized carbons (Fsp3) is 0.636. The van der Waals surface area contributed by atoms with E-state index in [1.807, 2.05) is 0 Å². The number of esters is 2. The smallest absolute Gasteiger partial charge is 0.336 e. The molecule has 20 atom stereocenters. The Labute approximate surface area is 390 Å². The molecule has 0 unspecified atom stereocenters. The maximum absolute atomic E-state index is 12.8. The van der Waals surface area contributed by atoms with Crippen LogP contribution in [0.15, 0.2) is 83.1 Å². The third-order valence-electron chi connectivity index (χ3n) is 11.2. The molecule has 4 heterocycles. The summed E-state index contributed by atoms with van der Waals surface area (Å²) in [7, 11) is 0. The Bertz CT molecular complexity index is 1730. The molecule has 0 bridgehead atoms. The molecule has 0 aromatic rings. The molecule has 0 amide bonds. The second kappa shape index (κ2) is 26.5. The van der Waals surface area contributed by atoms with Gasteiger partial charge in [-0.3, -0.25) is 0 Å². The van der Waals surface area contributed by atoms with E-state index in [-0.39, 0.29) is 11.1 Å². The van der Waals surface area contributed by atoms with E-state index in [1.165, 1.54) is 26.0 Å². The highest BCUT2D eigenvalue weighted by Gasteiger charge is 2.50. The Morgan fingerprint density at radius 2 is 0.691 bits per heavy atom. The molecule has 14 N–H and O–H groups in total. The average Bonchev–Trinajstić information content (AvgIpc) is 3.31. The first-order valence-electron chi connectivity index (χ1n) is 21.5. The summed E-state index contributed by atoms with van der Waals surface area (Å²) in [4.78, 5) is 25.6. The molecule has 384 valence electrons. The van der Waals surface area contributed by atoms with E-state index in [9.17, 15) is 81.1 Å². The standard InChI is InChI=1S/C44H64O24/c1-19(11-7-13-21(3)39(59)67-43-37(57)33(53)29(49)25(65-43)17-61-41-35(55)31(51)27(47)23(15-45)63-41)9-5-6-10-20(2)12-8-14-22(4)40(60)68-44-38(58)34(54)30(50)26(66-44)18-62-42-36(56)32(52)28(48)24(16-46)64-42/h5-14,23-38,41-58H,15-18H2,1-4H3/b6-5+,11-7+,12-8+,19-9-,20-10+,21-13+,22-14+/t23-,24-,25-,26+,27-,28-,29-,30+,31+,32-,33+,34-,35+,36+,37+,38+,41-,42-,43+,44-/m1/s1. The largest absolute Gasteiger partial charge is 0.429 e. The Hall–Kier alpha value is -3.68. The molecule has 24 heteroatoms. The topological polar surface area (TPSA) is 391 Å². The molecule has 0 aromatic carbocycles. The van der Waals surface area contributed by atoms with Crippen molar-refractivity contribution in [3.63, 3.8) is 0 Å². The zero-order valence-corrected chi connectivity index (χ0v) is 37.5. The summed E-state index contributed by atoms with van der Waals surface area (Å²) in [6, 6.07) is 0. The highest BCUT2D eigenvalue weighted by molar-refractivity contribution is 5.88. The fourth-order valence-corrected chi connectivity index (χ4v) is 6.84. The minimum absolute atomic E-state index is 0.0726. The lowest BCUT2D eigenvalue weighted by molar-refractivity contribution is -0.326. The maximum atomic E-state index is 12.8. The fourth-order valence-electron chi connectivity index (χ4n) is 6.84. The molecule has 4 aliphatic heterocycles. The van der Waals surface area contributed by atoms with Crippen molar-refractivity contribution in [1.82, 2.24) is 0 Å². The minimum Gasteiger partial charge on any atom is -0.429 e. The number of hydrogen-bond acceptors (Lipinski definition) is 24. The van der Waals surface area contributed by atoms with Crippen LogP contribution in [-0.4, -0.2) is 233 Å². The first-order valence-corrected chi connectivity index (χ1v) is 21.5. The number of rotatable bonds is 18. The van der Waals surface area contributed by atoms with Crippen LogP contribution < -0.4 is 0 Å². The first-order chi connectivity index (χ1) is 32.1. The van der Waals surface area contributed by atoms with E-state index in [0.717, 1.165) is 11.1 Å². The Morgan fingerprint density at radius 1 is 0.397 bits per heavy atom. The molecule has 0 radical (unpaired) electrons. The molecule has 4 saturated heterocycles. The number of aliphatic hydroxyl groups is 14. The van der Waals surface area contributed by atoms with Crippen molar-refractivity contribution in [3.05, 3.63) is 83.1 Å². The second-order valence-electron chi connectivity index (χ2n) is 16.5. The van der Waals surface area contributed by atoms with Gasteiger partial charge in [-0.05, 0) is 27.7 Å². The molecule has 4 fully saturated rings. The molecule has 0 spiro atoms. The summed E-state index contributed by atoms with van der Waals surface area (Å²) < 4.78 is 42.7. The van der Waals surface area contributed by atoms with Gasteiger partial charge in [0.1, 0.15) is 97.7 Å². The van der Waals surface area contributed by atoms with E-state index in [2.05, 4.69) is 0 Å². The van der Waals surface area contributed by atoms with Crippen molar-refractivity contribution in [2.45, 2.75) is 151 Å². The minimum atomic E-state index is -1.86. The van der Waals surface area contributed by atoms with Gasteiger partial charge in [-0.1, -0.05) is 71.9 Å². The van der Waals surface area contributed by atoms with Gasteiger partial charge in [0.25, 0.3) is 0 Å². The number of ether oxygens (including phenoxy) is 8. The van der Waals surface area contributed by atoms with Crippen LogP contribution in [0.25, 0.3) is 0 Å². The maximum Gasteiger partial charge on any atom is 0.336 e. The van der Waals surface area contributed by atoms with Gasteiger partial charge >= 0.3 is 11.9 Å². The summed E-state index contributed by atoms with van der Waals surface area (Å²) in [5, 5.41) is 142. The van der Waals surface area contributed by atoms with E-state index in [1.54, 1.807) is 62.5 Å². The molecule has 68 heavy (non-hydrogen) atoms. The average molecular weight is 977 g/mol. The van der Waals surface area contributed by atoms with Gasteiger partial charge in [-0.25, -0.2) is 9.59 Å². The van der Waals surface area contributed by atoms with Crippen LogP contribution in [0.5, 0.6) is 0 Å². The summed E-state index contributed by atoms with van der Waals surface area (Å²) in [6.45, 7) is 3.80. The summed E-state index contributed by atoms with van der Waals surface area (Å²) >= 11 is 0. The van der Waals surface area contributed by atoms with Crippen LogP contribution in [0.2, 0.25) is 0 Å². The van der Waals surface area contributed by atoms with Gasteiger partial charge in [0, 0.05) is 11.1 Å². The van der Waals surface area contributed by atoms with Gasteiger partial charge in [-0.15, -0.1) is 0 Å². The Balaban J connectivity index is 1.23. The van der Waals surface area contributed by atoms with Gasteiger partial charge in [0.05, 0.1) is 26.4 Å². The summed E-state index contributed by atoms with van der Waals surface area (Å²) in [5.74, 6) is -1.86. The van der Waals surface area contributed by atoms with Crippen molar-refractivity contribution in [2.75, 3.05) is 26.4 Å². The van der Waals surface area contributed by atoms with Crippen molar-refractivity contribution in [3.8, 4) is 0 Å². The van der Waals surface area contributed by atoms with Crippen molar-refractivity contribution in [2.24, 2.45) is 0 Å². The van der Waals surface area contributed by atoms with Crippen LogP contribution in [0.1, 0.15) is 27.7 Å². The molecular weight excluding hydrogens is 912 g/mol. The number of carbonyl (C=O) groups excluding carboxylic acids is 2. The van der Waals surface area contributed by atoms with Crippen LogP contribution >= 0.6 is 0 Å². The third kappa shape index (κ3) is 14.9. The molecule has 0 aliphatic carbocycles.